The van der Waals surface area contributed by atoms with Gasteiger partial charge >= 0.3 is 0 Å². The molecule has 3 aromatic rings. The van der Waals surface area contributed by atoms with E-state index in [0.29, 0.717) is 10.6 Å². The number of hydrogen-bond acceptors (Lipinski definition) is 3. The Morgan fingerprint density at radius 2 is 2.21 bits per heavy atom. The van der Waals surface area contributed by atoms with E-state index in [-0.39, 0.29) is 12.5 Å². The summed E-state index contributed by atoms with van der Waals surface area (Å²) in [6.45, 7) is 2.26. The Morgan fingerprint density at radius 3 is 3.04 bits per heavy atom. The SMILES string of the molecule is Cc1cc2ccccc2n1CC(=O)Nc1sc2c(c1C#N)CCC2. The van der Waals surface area contributed by atoms with E-state index in [4.69, 9.17) is 0 Å². The van der Waals surface area contributed by atoms with Crippen LogP contribution < -0.4 is 5.32 Å². The normalized spacial score (nSPS) is 13.0. The standard InChI is InChI=1S/C19H17N3OS/c1-12-9-13-5-2-3-7-16(13)22(12)11-18(23)21-19-15(10-20)14-6-4-8-17(14)24-19/h2-3,5,7,9H,4,6,8,11H2,1H3,(H,21,23). The molecule has 1 N–H and O–H groups in total. The van der Waals surface area contributed by atoms with Gasteiger partial charge in [0.05, 0.1) is 5.56 Å². The van der Waals surface area contributed by atoms with E-state index in [0.717, 1.165) is 41.4 Å². The molecule has 1 aliphatic rings. The van der Waals surface area contributed by atoms with E-state index < -0.39 is 0 Å². The second-order valence-electron chi connectivity index (χ2n) is 6.15. The third-order valence-corrected chi connectivity index (χ3v) is 5.81. The summed E-state index contributed by atoms with van der Waals surface area (Å²) in [4.78, 5) is 13.8. The predicted octanol–water partition coefficient (Wildman–Crippen LogP) is 4.01. The van der Waals surface area contributed by atoms with Crippen LogP contribution in [-0.2, 0) is 24.2 Å². The van der Waals surface area contributed by atoms with Gasteiger partial charge in [-0.25, -0.2) is 0 Å². The lowest BCUT2D eigenvalue weighted by molar-refractivity contribution is -0.116. The van der Waals surface area contributed by atoms with Crippen molar-refractivity contribution in [3.63, 3.8) is 0 Å². The van der Waals surface area contributed by atoms with Crippen molar-refractivity contribution < 1.29 is 4.79 Å². The summed E-state index contributed by atoms with van der Waals surface area (Å²) < 4.78 is 2.01. The lowest BCUT2D eigenvalue weighted by Crippen LogP contribution is -2.19. The van der Waals surface area contributed by atoms with Gasteiger partial charge in [0, 0.05) is 16.1 Å². The first-order valence-corrected chi connectivity index (χ1v) is 8.88. The van der Waals surface area contributed by atoms with Crippen molar-refractivity contribution in [3.8, 4) is 6.07 Å². The summed E-state index contributed by atoms with van der Waals surface area (Å²) in [7, 11) is 0. The molecule has 0 bridgehead atoms. The monoisotopic (exact) mass is 335 g/mol. The molecular formula is C19H17N3OS. The van der Waals surface area contributed by atoms with Gasteiger partial charge in [-0.1, -0.05) is 18.2 Å². The van der Waals surface area contributed by atoms with Crippen LogP contribution in [0.25, 0.3) is 10.9 Å². The third-order valence-electron chi connectivity index (χ3n) is 4.61. The van der Waals surface area contributed by atoms with Crippen molar-refractivity contribution in [2.45, 2.75) is 32.7 Å². The molecule has 2 aromatic heterocycles. The Bertz CT molecular complexity index is 990. The molecule has 0 atom stereocenters. The van der Waals surface area contributed by atoms with E-state index in [1.165, 1.54) is 4.88 Å². The molecule has 120 valence electrons. The van der Waals surface area contributed by atoms with Crippen LogP contribution in [0.15, 0.2) is 30.3 Å². The van der Waals surface area contributed by atoms with E-state index >= 15 is 0 Å². The molecule has 1 amide bonds. The summed E-state index contributed by atoms with van der Waals surface area (Å²) in [6.07, 6.45) is 3.08. The van der Waals surface area contributed by atoms with Gasteiger partial charge in [0.1, 0.15) is 17.6 Å². The molecule has 0 aliphatic heterocycles. The molecule has 4 rings (SSSR count). The zero-order valence-corrected chi connectivity index (χ0v) is 14.2. The largest absolute Gasteiger partial charge is 0.335 e. The Morgan fingerprint density at radius 1 is 1.38 bits per heavy atom. The van der Waals surface area contributed by atoms with Crippen molar-refractivity contribution in [1.82, 2.24) is 4.57 Å². The number of thiophene rings is 1. The van der Waals surface area contributed by atoms with Crippen LogP contribution in [0.5, 0.6) is 0 Å². The maximum absolute atomic E-state index is 12.5. The van der Waals surface area contributed by atoms with Crippen LogP contribution >= 0.6 is 11.3 Å². The molecule has 0 radical (unpaired) electrons. The van der Waals surface area contributed by atoms with Crippen LogP contribution in [0, 0.1) is 18.3 Å². The van der Waals surface area contributed by atoms with Gasteiger partial charge in [-0.05, 0) is 49.3 Å². The first-order valence-electron chi connectivity index (χ1n) is 8.06. The summed E-state index contributed by atoms with van der Waals surface area (Å²) in [5, 5.41) is 14.2. The average molecular weight is 335 g/mol. The number of nitrogens with zero attached hydrogens (tertiary/aromatic N) is 2. The number of para-hydroxylation sites is 1. The number of aryl methyl sites for hydroxylation is 2. The molecule has 5 heteroatoms. The number of nitriles is 1. The maximum atomic E-state index is 12.5. The zero-order valence-electron chi connectivity index (χ0n) is 13.4. The lowest BCUT2D eigenvalue weighted by atomic mass is 10.1. The second kappa shape index (κ2) is 5.81. The smallest absolute Gasteiger partial charge is 0.244 e. The molecule has 0 saturated carbocycles. The quantitative estimate of drug-likeness (QED) is 0.786. The number of carbonyl (C=O) groups is 1. The fraction of sp³-hybridized carbons (Fsp3) is 0.263. The van der Waals surface area contributed by atoms with E-state index in [2.05, 4.69) is 17.5 Å². The van der Waals surface area contributed by atoms with Gasteiger partial charge < -0.3 is 9.88 Å². The molecule has 24 heavy (non-hydrogen) atoms. The Hall–Kier alpha value is -2.58. The summed E-state index contributed by atoms with van der Waals surface area (Å²) in [5.41, 5.74) is 3.91. The number of carbonyl (C=O) groups excluding carboxylic acids is 1. The highest BCUT2D eigenvalue weighted by molar-refractivity contribution is 7.16. The number of hydrogen-bond donors (Lipinski definition) is 1. The average Bonchev–Trinajstić information content (AvgIpc) is 3.21. The minimum absolute atomic E-state index is 0.0872. The lowest BCUT2D eigenvalue weighted by Gasteiger charge is -2.09. The molecule has 0 spiro atoms. The fourth-order valence-corrected chi connectivity index (χ4v) is 4.73. The summed E-state index contributed by atoms with van der Waals surface area (Å²) in [6, 6.07) is 12.4. The summed E-state index contributed by atoms with van der Waals surface area (Å²) in [5.74, 6) is -0.0872. The predicted molar refractivity (Wildman–Crippen MR) is 96.4 cm³/mol. The number of amides is 1. The molecule has 0 saturated heterocycles. The topological polar surface area (TPSA) is 57.8 Å². The number of nitrogens with one attached hydrogen (secondary N) is 1. The highest BCUT2D eigenvalue weighted by atomic mass is 32.1. The molecule has 4 nitrogen and oxygen atoms in total. The molecule has 0 fully saturated rings. The first kappa shape index (κ1) is 15.0. The second-order valence-corrected chi connectivity index (χ2v) is 7.26. The van der Waals surface area contributed by atoms with Gasteiger partial charge in [0.15, 0.2) is 0 Å². The number of anilines is 1. The van der Waals surface area contributed by atoms with Crippen LogP contribution in [-0.4, -0.2) is 10.5 Å². The molecule has 1 aliphatic carbocycles. The Labute approximate surface area is 144 Å². The van der Waals surface area contributed by atoms with E-state index in [1.807, 2.05) is 35.8 Å². The number of rotatable bonds is 3. The Kier molecular flexibility index (Phi) is 3.62. The van der Waals surface area contributed by atoms with Crippen molar-refractivity contribution in [2.24, 2.45) is 0 Å². The van der Waals surface area contributed by atoms with Gasteiger partial charge in [0.25, 0.3) is 0 Å². The summed E-state index contributed by atoms with van der Waals surface area (Å²) >= 11 is 1.56. The van der Waals surface area contributed by atoms with Gasteiger partial charge in [-0.15, -0.1) is 11.3 Å². The van der Waals surface area contributed by atoms with Crippen LogP contribution in [0.3, 0.4) is 0 Å². The van der Waals surface area contributed by atoms with Crippen LogP contribution in [0.4, 0.5) is 5.00 Å². The highest BCUT2D eigenvalue weighted by Crippen LogP contribution is 2.38. The van der Waals surface area contributed by atoms with Crippen molar-refractivity contribution >= 4 is 33.1 Å². The van der Waals surface area contributed by atoms with Crippen LogP contribution in [0.1, 0.15) is 28.1 Å². The Balaban J connectivity index is 1.59. The van der Waals surface area contributed by atoms with Crippen LogP contribution in [0.2, 0.25) is 0 Å². The van der Waals surface area contributed by atoms with Gasteiger partial charge in [0.2, 0.25) is 5.91 Å². The minimum Gasteiger partial charge on any atom is -0.335 e. The van der Waals surface area contributed by atoms with Gasteiger partial charge in [-0.2, -0.15) is 5.26 Å². The molecule has 1 aromatic carbocycles. The van der Waals surface area contributed by atoms with Crippen molar-refractivity contribution in [3.05, 3.63) is 52.0 Å². The van der Waals surface area contributed by atoms with Crippen molar-refractivity contribution in [2.75, 3.05) is 5.32 Å². The van der Waals surface area contributed by atoms with Crippen molar-refractivity contribution in [1.29, 1.82) is 5.26 Å². The third kappa shape index (κ3) is 2.40. The fourth-order valence-electron chi connectivity index (χ4n) is 3.48. The van der Waals surface area contributed by atoms with E-state index in [1.54, 1.807) is 11.3 Å². The maximum Gasteiger partial charge on any atom is 0.244 e. The zero-order chi connectivity index (χ0) is 16.7. The van der Waals surface area contributed by atoms with E-state index in [9.17, 15) is 10.1 Å². The molecule has 0 unspecified atom stereocenters. The first-order chi connectivity index (χ1) is 11.7. The minimum atomic E-state index is -0.0872. The number of fused-ring (bicyclic) bond motifs is 2. The van der Waals surface area contributed by atoms with Gasteiger partial charge in [-0.3, -0.25) is 4.79 Å². The molecule has 2 heterocycles. The molecular weight excluding hydrogens is 318 g/mol. The number of aromatic nitrogens is 1. The number of benzene rings is 1. The highest BCUT2D eigenvalue weighted by Gasteiger charge is 2.23.